The van der Waals surface area contributed by atoms with Gasteiger partial charge in [0.1, 0.15) is 0 Å². The van der Waals surface area contributed by atoms with Crippen molar-refractivity contribution in [2.75, 3.05) is 0 Å². The number of carbonyl (C=O) groups excluding carboxylic acids is 1. The fourth-order valence-corrected chi connectivity index (χ4v) is 2.15. The Kier molecular flexibility index (Phi) is 4.83. The van der Waals surface area contributed by atoms with E-state index in [9.17, 15) is 4.79 Å². The van der Waals surface area contributed by atoms with Crippen LogP contribution in [0, 0.1) is 6.92 Å². The van der Waals surface area contributed by atoms with Gasteiger partial charge in [-0.15, -0.1) is 0 Å². The molecule has 0 radical (unpaired) electrons. The lowest BCUT2D eigenvalue weighted by Gasteiger charge is -2.04. The summed E-state index contributed by atoms with van der Waals surface area (Å²) in [5.41, 5.74) is 2.94. The Morgan fingerprint density at radius 3 is 2.56 bits per heavy atom. The van der Waals surface area contributed by atoms with Crippen LogP contribution in [-0.4, -0.2) is 26.1 Å². The van der Waals surface area contributed by atoms with Gasteiger partial charge in [-0.2, -0.15) is 4.98 Å². The molecule has 0 aliphatic rings. The second-order valence-corrected chi connectivity index (χ2v) is 5.91. The summed E-state index contributed by atoms with van der Waals surface area (Å²) < 4.78 is 10.2. The summed E-state index contributed by atoms with van der Waals surface area (Å²) in [6, 6.07) is 7.95. The molecule has 0 atom stereocenters. The fraction of sp³-hybridized carbons (Fsp3) is 0.278. The Labute approximate surface area is 145 Å². The van der Waals surface area contributed by atoms with Gasteiger partial charge in [0.2, 0.25) is 5.82 Å². The molecule has 7 heteroatoms. The number of esters is 1. The van der Waals surface area contributed by atoms with Crippen LogP contribution in [0.5, 0.6) is 0 Å². The zero-order valence-electron chi connectivity index (χ0n) is 14.3. The second-order valence-electron chi connectivity index (χ2n) is 5.91. The molecule has 0 fully saturated rings. The molecule has 0 unspecified atom stereocenters. The molecular formula is C18H18N4O3. The van der Waals surface area contributed by atoms with E-state index in [0.717, 1.165) is 11.3 Å². The first-order chi connectivity index (χ1) is 12.0. The zero-order chi connectivity index (χ0) is 17.8. The number of aromatic nitrogens is 4. The molecule has 1 aromatic carbocycles. The summed E-state index contributed by atoms with van der Waals surface area (Å²) in [6.45, 7) is 5.93. The minimum atomic E-state index is -0.589. The lowest BCUT2D eigenvalue weighted by Crippen LogP contribution is -2.08. The van der Waals surface area contributed by atoms with E-state index in [2.05, 4.69) is 34.0 Å². The Hall–Kier alpha value is -3.09. The number of rotatable bonds is 5. The Balaban J connectivity index is 1.63. The number of carbonyl (C=O) groups is 1. The number of aryl methyl sites for hydroxylation is 1. The van der Waals surface area contributed by atoms with Crippen LogP contribution in [-0.2, 0) is 11.3 Å². The maximum Gasteiger partial charge on any atom is 0.359 e. The molecule has 0 aliphatic carbocycles. The van der Waals surface area contributed by atoms with Gasteiger partial charge in [-0.3, -0.25) is 4.98 Å². The van der Waals surface area contributed by atoms with Crippen LogP contribution in [0.1, 0.15) is 47.4 Å². The molecule has 7 nitrogen and oxygen atoms in total. The van der Waals surface area contributed by atoms with Crippen molar-refractivity contribution in [1.82, 2.24) is 20.1 Å². The van der Waals surface area contributed by atoms with Gasteiger partial charge in [-0.25, -0.2) is 9.78 Å². The van der Waals surface area contributed by atoms with Crippen molar-refractivity contribution in [3.63, 3.8) is 0 Å². The molecule has 0 aliphatic heterocycles. The molecule has 0 amide bonds. The van der Waals surface area contributed by atoms with Crippen LogP contribution in [0.2, 0.25) is 0 Å². The maximum absolute atomic E-state index is 11.9. The van der Waals surface area contributed by atoms with Gasteiger partial charge < -0.3 is 9.26 Å². The summed E-state index contributed by atoms with van der Waals surface area (Å²) in [5, 5.41) is 3.92. The van der Waals surface area contributed by atoms with Crippen LogP contribution < -0.4 is 0 Å². The standard InChI is InChI=1S/C18H18N4O3/c1-11(2)13-4-6-14(7-5-13)17-21-16(25-22-17)10-24-18(23)15-9-19-12(3)8-20-15/h4-9,11H,10H2,1-3H3. The molecule has 3 aromatic rings. The Morgan fingerprint density at radius 2 is 1.92 bits per heavy atom. The predicted octanol–water partition coefficient (Wildman–Crippen LogP) is 3.32. The Morgan fingerprint density at radius 1 is 1.16 bits per heavy atom. The van der Waals surface area contributed by atoms with Crippen molar-refractivity contribution < 1.29 is 14.1 Å². The largest absolute Gasteiger partial charge is 0.451 e. The van der Waals surface area contributed by atoms with E-state index in [0.29, 0.717) is 11.7 Å². The summed E-state index contributed by atoms with van der Waals surface area (Å²) in [6.07, 6.45) is 2.87. The van der Waals surface area contributed by atoms with Crippen molar-refractivity contribution in [2.24, 2.45) is 0 Å². The second kappa shape index (κ2) is 7.21. The normalized spacial score (nSPS) is 10.9. The van der Waals surface area contributed by atoms with Crippen LogP contribution in [0.25, 0.3) is 11.4 Å². The van der Waals surface area contributed by atoms with Gasteiger partial charge in [0.15, 0.2) is 12.3 Å². The number of nitrogens with zero attached hydrogens (tertiary/aromatic N) is 4. The van der Waals surface area contributed by atoms with Gasteiger partial charge in [0.05, 0.1) is 11.9 Å². The van der Waals surface area contributed by atoms with Crippen molar-refractivity contribution in [3.05, 3.63) is 59.5 Å². The third kappa shape index (κ3) is 4.06. The van der Waals surface area contributed by atoms with Gasteiger partial charge in [-0.05, 0) is 18.4 Å². The van der Waals surface area contributed by atoms with E-state index in [4.69, 9.17) is 9.26 Å². The highest BCUT2D eigenvalue weighted by Gasteiger charge is 2.14. The quantitative estimate of drug-likeness (QED) is 0.659. The molecule has 128 valence electrons. The number of hydrogen-bond donors (Lipinski definition) is 0. The van der Waals surface area contributed by atoms with Crippen LogP contribution >= 0.6 is 0 Å². The molecule has 0 saturated carbocycles. The van der Waals surface area contributed by atoms with E-state index in [1.165, 1.54) is 18.0 Å². The predicted molar refractivity (Wildman–Crippen MR) is 89.7 cm³/mol. The Bertz CT molecular complexity index is 855. The summed E-state index contributed by atoms with van der Waals surface area (Å²) >= 11 is 0. The summed E-state index contributed by atoms with van der Waals surface area (Å²) in [4.78, 5) is 24.1. The van der Waals surface area contributed by atoms with Gasteiger partial charge >= 0.3 is 5.97 Å². The first-order valence-corrected chi connectivity index (χ1v) is 7.91. The van der Waals surface area contributed by atoms with Crippen LogP contribution in [0.3, 0.4) is 0 Å². The summed E-state index contributed by atoms with van der Waals surface area (Å²) in [7, 11) is 0. The molecule has 0 saturated heterocycles. The number of benzene rings is 1. The first kappa shape index (κ1) is 16.8. The molecule has 2 aromatic heterocycles. The smallest absolute Gasteiger partial charge is 0.359 e. The fourth-order valence-electron chi connectivity index (χ4n) is 2.15. The number of hydrogen-bond acceptors (Lipinski definition) is 7. The van der Waals surface area contributed by atoms with Crippen LogP contribution in [0.4, 0.5) is 0 Å². The SMILES string of the molecule is Cc1cnc(C(=O)OCc2nc(-c3ccc(C(C)C)cc3)no2)cn1. The highest BCUT2D eigenvalue weighted by molar-refractivity contribution is 5.86. The molecule has 3 rings (SSSR count). The van der Waals surface area contributed by atoms with E-state index in [1.807, 2.05) is 24.3 Å². The van der Waals surface area contributed by atoms with Crippen LogP contribution in [0.15, 0.2) is 41.2 Å². The lowest BCUT2D eigenvalue weighted by atomic mass is 10.0. The van der Waals surface area contributed by atoms with Crippen molar-refractivity contribution in [1.29, 1.82) is 0 Å². The highest BCUT2D eigenvalue weighted by atomic mass is 16.6. The average Bonchev–Trinajstić information content (AvgIpc) is 3.09. The van der Waals surface area contributed by atoms with Gasteiger partial charge in [0, 0.05) is 11.8 Å². The van der Waals surface area contributed by atoms with E-state index in [-0.39, 0.29) is 18.2 Å². The lowest BCUT2D eigenvalue weighted by molar-refractivity contribution is 0.0422. The highest BCUT2D eigenvalue weighted by Crippen LogP contribution is 2.20. The van der Waals surface area contributed by atoms with Gasteiger partial charge in [0.25, 0.3) is 5.89 Å². The minimum Gasteiger partial charge on any atom is -0.451 e. The molecular weight excluding hydrogens is 320 g/mol. The third-order valence-electron chi connectivity index (χ3n) is 3.62. The van der Waals surface area contributed by atoms with Crippen molar-refractivity contribution >= 4 is 5.97 Å². The first-order valence-electron chi connectivity index (χ1n) is 7.91. The van der Waals surface area contributed by atoms with E-state index < -0.39 is 5.97 Å². The molecule has 0 spiro atoms. The number of ether oxygens (including phenoxy) is 1. The van der Waals surface area contributed by atoms with Crippen molar-refractivity contribution in [2.45, 2.75) is 33.3 Å². The maximum atomic E-state index is 11.9. The molecule has 25 heavy (non-hydrogen) atoms. The molecule has 2 heterocycles. The molecule has 0 N–H and O–H groups in total. The zero-order valence-corrected chi connectivity index (χ0v) is 14.3. The van der Waals surface area contributed by atoms with E-state index in [1.54, 1.807) is 6.92 Å². The average molecular weight is 338 g/mol. The summed E-state index contributed by atoms with van der Waals surface area (Å²) in [5.74, 6) is 0.542. The van der Waals surface area contributed by atoms with E-state index >= 15 is 0 Å². The molecule has 0 bridgehead atoms. The minimum absolute atomic E-state index is 0.120. The third-order valence-corrected chi connectivity index (χ3v) is 3.62. The van der Waals surface area contributed by atoms with Crippen molar-refractivity contribution in [3.8, 4) is 11.4 Å². The topological polar surface area (TPSA) is 91.0 Å². The van der Waals surface area contributed by atoms with Gasteiger partial charge in [-0.1, -0.05) is 43.3 Å². The monoisotopic (exact) mass is 338 g/mol.